The largest absolute Gasteiger partial charge is 0.462 e. The summed E-state index contributed by atoms with van der Waals surface area (Å²) in [7, 11) is 0. The van der Waals surface area contributed by atoms with Gasteiger partial charge in [0.05, 0.1) is 13.2 Å². The minimum atomic E-state index is -0.841. The summed E-state index contributed by atoms with van der Waals surface area (Å²) in [5.41, 5.74) is 0. The van der Waals surface area contributed by atoms with Crippen molar-refractivity contribution in [1.29, 1.82) is 0 Å². The quantitative estimate of drug-likeness (QED) is 0.556. The molecule has 0 heterocycles. The van der Waals surface area contributed by atoms with E-state index in [0.717, 1.165) is 0 Å². The van der Waals surface area contributed by atoms with Gasteiger partial charge in [0.2, 0.25) is 0 Å². The van der Waals surface area contributed by atoms with Gasteiger partial charge in [-0.1, -0.05) is 23.2 Å². The normalized spacial score (nSPS) is 11.7. The summed E-state index contributed by atoms with van der Waals surface area (Å²) in [6, 6.07) is 0. The first-order chi connectivity index (χ1) is 6.54. The smallest absolute Gasteiger partial charge is 0.351 e. The van der Waals surface area contributed by atoms with Gasteiger partial charge in [-0.2, -0.15) is 0 Å². The van der Waals surface area contributed by atoms with Crippen LogP contribution in [0.4, 0.5) is 0 Å². The van der Waals surface area contributed by atoms with E-state index in [9.17, 15) is 9.59 Å². The lowest BCUT2D eigenvalue weighted by molar-refractivity contribution is -0.140. The van der Waals surface area contributed by atoms with Crippen molar-refractivity contribution in [3.63, 3.8) is 0 Å². The molecule has 0 fully saturated rings. The zero-order chi connectivity index (χ0) is 11.1. The minimum Gasteiger partial charge on any atom is -0.462 e. The van der Waals surface area contributed by atoms with E-state index in [-0.39, 0.29) is 13.2 Å². The van der Waals surface area contributed by atoms with Crippen LogP contribution in [0.3, 0.4) is 0 Å². The molecule has 0 aromatic rings. The third-order valence-electron chi connectivity index (χ3n) is 1.10. The molecule has 80 valence electrons. The first-order valence-corrected chi connectivity index (χ1v) is 4.69. The highest BCUT2D eigenvalue weighted by molar-refractivity contribution is 6.53. The Kier molecular flexibility index (Phi) is 6.32. The van der Waals surface area contributed by atoms with Gasteiger partial charge in [-0.05, 0) is 13.8 Å². The standard InChI is InChI=1S/C8H10Cl2O4/c1-3-13-7(11)5(9)6(10)8(12)14-4-2/h3-4H2,1-2H3/b6-5-. The van der Waals surface area contributed by atoms with E-state index in [1.807, 2.05) is 0 Å². The Balaban J connectivity index is 4.57. The van der Waals surface area contributed by atoms with E-state index in [1.165, 1.54) is 0 Å². The molecule has 4 nitrogen and oxygen atoms in total. The maximum absolute atomic E-state index is 11.0. The molecule has 0 aliphatic carbocycles. The molecule has 0 amide bonds. The van der Waals surface area contributed by atoms with E-state index < -0.39 is 22.0 Å². The van der Waals surface area contributed by atoms with Gasteiger partial charge in [-0.15, -0.1) is 0 Å². The zero-order valence-corrected chi connectivity index (χ0v) is 9.31. The number of hydrogen-bond donors (Lipinski definition) is 0. The van der Waals surface area contributed by atoms with Crippen LogP contribution in [0, 0.1) is 0 Å². The van der Waals surface area contributed by atoms with E-state index in [2.05, 4.69) is 9.47 Å². The molecule has 14 heavy (non-hydrogen) atoms. The molecule has 0 bridgehead atoms. The van der Waals surface area contributed by atoms with E-state index in [1.54, 1.807) is 13.8 Å². The molecule has 0 spiro atoms. The molecule has 0 saturated heterocycles. The first kappa shape index (κ1) is 13.3. The Morgan fingerprint density at radius 1 is 0.929 bits per heavy atom. The molecule has 0 aliphatic heterocycles. The Hall–Kier alpha value is -0.740. The van der Waals surface area contributed by atoms with Crippen molar-refractivity contribution in [3.8, 4) is 0 Å². The third-order valence-corrected chi connectivity index (χ3v) is 1.89. The van der Waals surface area contributed by atoms with Crippen LogP contribution < -0.4 is 0 Å². The second-order valence-electron chi connectivity index (χ2n) is 2.07. The van der Waals surface area contributed by atoms with Crippen molar-refractivity contribution in [2.45, 2.75) is 13.8 Å². The van der Waals surface area contributed by atoms with Crippen LogP contribution in [0.15, 0.2) is 10.1 Å². The second-order valence-corrected chi connectivity index (χ2v) is 2.82. The number of rotatable bonds is 4. The van der Waals surface area contributed by atoms with E-state index >= 15 is 0 Å². The fraction of sp³-hybridized carbons (Fsp3) is 0.500. The lowest BCUT2D eigenvalue weighted by Crippen LogP contribution is -2.11. The Morgan fingerprint density at radius 2 is 1.21 bits per heavy atom. The van der Waals surface area contributed by atoms with Gasteiger partial charge >= 0.3 is 11.9 Å². The summed E-state index contributed by atoms with van der Waals surface area (Å²) in [5.74, 6) is -1.68. The fourth-order valence-electron chi connectivity index (χ4n) is 0.568. The van der Waals surface area contributed by atoms with Crippen molar-refractivity contribution >= 4 is 35.1 Å². The molecular formula is C8H10Cl2O4. The number of hydrogen-bond acceptors (Lipinski definition) is 4. The predicted molar refractivity (Wildman–Crippen MR) is 52.0 cm³/mol. The van der Waals surface area contributed by atoms with E-state index in [4.69, 9.17) is 23.2 Å². The SMILES string of the molecule is CCOC(=O)/C(Cl)=C(/Cl)C(=O)OCC. The van der Waals surface area contributed by atoms with Crippen molar-refractivity contribution in [3.05, 3.63) is 10.1 Å². The highest BCUT2D eigenvalue weighted by Crippen LogP contribution is 2.16. The average Bonchev–Trinajstić information content (AvgIpc) is 2.16. The fourth-order valence-corrected chi connectivity index (χ4v) is 0.832. The topological polar surface area (TPSA) is 52.6 Å². The molecule has 0 atom stereocenters. The summed E-state index contributed by atoms with van der Waals surface area (Å²) in [5, 5.41) is -0.932. The molecule has 6 heteroatoms. The number of ether oxygens (including phenoxy) is 2. The highest BCUT2D eigenvalue weighted by Gasteiger charge is 2.19. The number of halogens is 2. The zero-order valence-electron chi connectivity index (χ0n) is 7.80. The van der Waals surface area contributed by atoms with Crippen LogP contribution in [0.25, 0.3) is 0 Å². The van der Waals surface area contributed by atoms with Gasteiger partial charge in [0.15, 0.2) is 10.1 Å². The monoisotopic (exact) mass is 240 g/mol. The lowest BCUT2D eigenvalue weighted by atomic mass is 10.5. The van der Waals surface area contributed by atoms with Crippen LogP contribution >= 0.6 is 23.2 Å². The maximum Gasteiger partial charge on any atom is 0.351 e. The third kappa shape index (κ3) is 3.98. The number of esters is 2. The molecule has 0 rings (SSSR count). The molecular weight excluding hydrogens is 231 g/mol. The predicted octanol–water partition coefficient (Wildman–Crippen LogP) is 1.80. The van der Waals surface area contributed by atoms with Gasteiger partial charge in [-0.25, -0.2) is 9.59 Å². The van der Waals surface area contributed by atoms with Crippen LogP contribution in [-0.2, 0) is 19.1 Å². The summed E-state index contributed by atoms with van der Waals surface area (Å²) < 4.78 is 9.06. The number of carbonyl (C=O) groups is 2. The molecule has 0 unspecified atom stereocenters. The van der Waals surface area contributed by atoms with Gasteiger partial charge < -0.3 is 9.47 Å². The summed E-state index contributed by atoms with van der Waals surface area (Å²) in [4.78, 5) is 22.0. The van der Waals surface area contributed by atoms with Crippen LogP contribution in [0.1, 0.15) is 13.8 Å². The van der Waals surface area contributed by atoms with Crippen molar-refractivity contribution in [1.82, 2.24) is 0 Å². The van der Waals surface area contributed by atoms with Gasteiger partial charge in [-0.3, -0.25) is 0 Å². The average molecular weight is 241 g/mol. The highest BCUT2D eigenvalue weighted by atomic mass is 35.5. The minimum absolute atomic E-state index is 0.155. The molecule has 0 aliphatic rings. The summed E-state index contributed by atoms with van der Waals surface area (Å²) in [6.45, 7) is 3.53. The van der Waals surface area contributed by atoms with E-state index in [0.29, 0.717) is 0 Å². The maximum atomic E-state index is 11.0. The second kappa shape index (κ2) is 6.68. The molecule has 0 aromatic carbocycles. The van der Waals surface area contributed by atoms with Crippen molar-refractivity contribution < 1.29 is 19.1 Å². The van der Waals surface area contributed by atoms with Crippen LogP contribution in [-0.4, -0.2) is 25.2 Å². The Bertz CT molecular complexity index is 234. The summed E-state index contributed by atoms with van der Waals surface area (Å²) >= 11 is 10.9. The molecule has 0 saturated carbocycles. The van der Waals surface area contributed by atoms with Gasteiger partial charge in [0, 0.05) is 0 Å². The lowest BCUT2D eigenvalue weighted by Gasteiger charge is -2.03. The van der Waals surface area contributed by atoms with Crippen molar-refractivity contribution in [2.24, 2.45) is 0 Å². The Morgan fingerprint density at radius 3 is 1.43 bits per heavy atom. The molecule has 0 aromatic heterocycles. The van der Waals surface area contributed by atoms with Crippen LogP contribution in [0.5, 0.6) is 0 Å². The molecule has 0 N–H and O–H groups in total. The van der Waals surface area contributed by atoms with Crippen LogP contribution in [0.2, 0.25) is 0 Å². The van der Waals surface area contributed by atoms with Gasteiger partial charge in [0.25, 0.3) is 0 Å². The summed E-state index contributed by atoms with van der Waals surface area (Å²) in [6.07, 6.45) is 0. The molecule has 0 radical (unpaired) electrons. The Labute approximate surface area is 91.8 Å². The number of carbonyl (C=O) groups excluding carboxylic acids is 2. The van der Waals surface area contributed by atoms with Crippen molar-refractivity contribution in [2.75, 3.05) is 13.2 Å². The van der Waals surface area contributed by atoms with Gasteiger partial charge in [0.1, 0.15) is 0 Å². The first-order valence-electron chi connectivity index (χ1n) is 3.94.